The number of aromatic amines is 1. The number of rotatable bonds is 3. The van der Waals surface area contributed by atoms with Gasteiger partial charge >= 0.3 is 0 Å². The molecule has 0 fully saturated rings. The lowest BCUT2D eigenvalue weighted by Crippen LogP contribution is -2.29. The van der Waals surface area contributed by atoms with Gasteiger partial charge in [-0.3, -0.25) is 19.7 Å². The molecule has 0 radical (unpaired) electrons. The van der Waals surface area contributed by atoms with Crippen LogP contribution in [0.25, 0.3) is 5.65 Å². The maximum Gasteiger partial charge on any atom is 0.272 e. The summed E-state index contributed by atoms with van der Waals surface area (Å²) in [5, 5.41) is 5.72. The Morgan fingerprint density at radius 2 is 2.23 bits per heavy atom. The molecule has 0 aliphatic heterocycles. The minimum Gasteiger partial charge on any atom is -0.344 e. The Morgan fingerprint density at radius 1 is 1.41 bits per heavy atom. The number of nitrogens with one attached hydrogen (secondary N) is 2. The van der Waals surface area contributed by atoms with Crippen molar-refractivity contribution in [1.82, 2.24) is 24.9 Å². The number of fused-ring (bicyclic) bond motifs is 1. The van der Waals surface area contributed by atoms with Crippen molar-refractivity contribution in [2.75, 3.05) is 0 Å². The first-order valence-corrected chi connectivity index (χ1v) is 6.85. The monoisotopic (exact) mass is 297 g/mol. The van der Waals surface area contributed by atoms with Gasteiger partial charge in [0.25, 0.3) is 11.5 Å². The van der Waals surface area contributed by atoms with Gasteiger partial charge in [0.1, 0.15) is 0 Å². The van der Waals surface area contributed by atoms with Gasteiger partial charge in [-0.1, -0.05) is 0 Å². The van der Waals surface area contributed by atoms with Crippen LogP contribution < -0.4 is 10.9 Å². The molecule has 3 rings (SSSR count). The van der Waals surface area contributed by atoms with Crippen LogP contribution in [0.1, 0.15) is 34.7 Å². The standard InChI is InChI=1S/C15H15N5O2/c1-9-6-13-18-12(7-14(21)20(13)19-9)10(2)17-15(22)11-4-3-5-16-8-11/h3-8,10,19H,1-2H3,(H,17,22)/t10-/m1/s1. The maximum absolute atomic E-state index is 12.1. The molecular formula is C15H15N5O2. The van der Waals surface area contributed by atoms with Crippen molar-refractivity contribution >= 4 is 11.6 Å². The summed E-state index contributed by atoms with van der Waals surface area (Å²) in [6.45, 7) is 3.63. The summed E-state index contributed by atoms with van der Waals surface area (Å²) in [4.78, 5) is 32.5. The van der Waals surface area contributed by atoms with E-state index in [2.05, 4.69) is 20.4 Å². The second-order valence-corrected chi connectivity index (χ2v) is 5.09. The normalized spacial score (nSPS) is 12.3. The Balaban J connectivity index is 1.87. The van der Waals surface area contributed by atoms with Crippen LogP contribution in [-0.2, 0) is 0 Å². The topological polar surface area (TPSA) is 92.2 Å². The van der Waals surface area contributed by atoms with Gasteiger partial charge in [-0.15, -0.1) is 0 Å². The summed E-state index contributed by atoms with van der Waals surface area (Å²) in [6.07, 6.45) is 3.09. The Bertz CT molecular complexity index is 882. The molecule has 0 saturated heterocycles. The largest absolute Gasteiger partial charge is 0.344 e. The first kappa shape index (κ1) is 14.0. The van der Waals surface area contributed by atoms with E-state index in [0.29, 0.717) is 16.9 Å². The lowest BCUT2D eigenvalue weighted by atomic mass is 10.2. The molecule has 7 nitrogen and oxygen atoms in total. The molecule has 112 valence electrons. The smallest absolute Gasteiger partial charge is 0.272 e. The Morgan fingerprint density at radius 3 is 2.95 bits per heavy atom. The Hall–Kier alpha value is -2.96. The molecule has 0 saturated carbocycles. The van der Waals surface area contributed by atoms with Crippen LogP contribution in [-0.4, -0.2) is 25.5 Å². The Labute approximate surface area is 126 Å². The molecule has 3 aromatic rings. The highest BCUT2D eigenvalue weighted by atomic mass is 16.1. The van der Waals surface area contributed by atoms with Gasteiger partial charge in [-0.05, 0) is 26.0 Å². The van der Waals surface area contributed by atoms with Crippen molar-refractivity contribution < 1.29 is 4.79 Å². The molecule has 3 heterocycles. The molecule has 0 unspecified atom stereocenters. The molecule has 3 aromatic heterocycles. The van der Waals surface area contributed by atoms with Crippen LogP contribution >= 0.6 is 0 Å². The number of hydrogen-bond acceptors (Lipinski definition) is 4. The molecule has 1 amide bonds. The molecule has 0 aromatic carbocycles. The SMILES string of the molecule is Cc1cc2nc([C@@H](C)NC(=O)c3cccnc3)cc(=O)n2[nH]1. The summed E-state index contributed by atoms with van der Waals surface area (Å²) in [7, 11) is 0. The average molecular weight is 297 g/mol. The third-order valence-corrected chi connectivity index (χ3v) is 3.31. The predicted octanol–water partition coefficient (Wildman–Crippen LogP) is 1.22. The first-order valence-electron chi connectivity index (χ1n) is 6.85. The zero-order valence-electron chi connectivity index (χ0n) is 12.2. The second-order valence-electron chi connectivity index (χ2n) is 5.09. The number of H-pyrrole nitrogens is 1. The number of aryl methyl sites for hydroxylation is 1. The second kappa shape index (κ2) is 5.44. The third-order valence-electron chi connectivity index (χ3n) is 3.31. The lowest BCUT2D eigenvalue weighted by Gasteiger charge is -2.13. The van der Waals surface area contributed by atoms with E-state index in [1.165, 1.54) is 16.8 Å². The van der Waals surface area contributed by atoms with Gasteiger partial charge in [0, 0.05) is 30.2 Å². The summed E-state index contributed by atoms with van der Waals surface area (Å²) in [5.41, 5.74) is 2.14. The van der Waals surface area contributed by atoms with E-state index in [0.717, 1.165) is 5.69 Å². The molecule has 2 N–H and O–H groups in total. The van der Waals surface area contributed by atoms with Crippen LogP contribution in [0.15, 0.2) is 41.5 Å². The van der Waals surface area contributed by atoms with E-state index < -0.39 is 0 Å². The van der Waals surface area contributed by atoms with Crippen LogP contribution in [0.2, 0.25) is 0 Å². The molecule has 0 spiro atoms. The molecule has 7 heteroatoms. The summed E-state index contributed by atoms with van der Waals surface area (Å²) < 4.78 is 1.37. The third kappa shape index (κ3) is 2.60. The van der Waals surface area contributed by atoms with Crippen LogP contribution in [0.3, 0.4) is 0 Å². The highest BCUT2D eigenvalue weighted by Gasteiger charge is 2.14. The molecule has 1 atom stereocenters. The number of nitrogens with zero attached hydrogens (tertiary/aromatic N) is 3. The van der Waals surface area contributed by atoms with E-state index in [-0.39, 0.29) is 17.5 Å². The molecule has 0 bridgehead atoms. The fourth-order valence-electron chi connectivity index (χ4n) is 2.20. The minimum absolute atomic E-state index is 0.212. The maximum atomic E-state index is 12.1. The average Bonchev–Trinajstić information content (AvgIpc) is 2.89. The summed E-state index contributed by atoms with van der Waals surface area (Å²) in [6, 6.07) is 6.17. The van der Waals surface area contributed by atoms with E-state index in [1.54, 1.807) is 31.3 Å². The zero-order valence-corrected chi connectivity index (χ0v) is 12.2. The van der Waals surface area contributed by atoms with Crippen LogP contribution in [0, 0.1) is 6.92 Å². The number of hydrogen-bond donors (Lipinski definition) is 2. The van der Waals surface area contributed by atoms with Gasteiger partial charge in [-0.25, -0.2) is 9.50 Å². The van der Waals surface area contributed by atoms with Crippen molar-refractivity contribution in [2.24, 2.45) is 0 Å². The molecular weight excluding hydrogens is 282 g/mol. The van der Waals surface area contributed by atoms with E-state index in [1.807, 2.05) is 6.92 Å². The number of carbonyl (C=O) groups is 1. The van der Waals surface area contributed by atoms with E-state index in [9.17, 15) is 9.59 Å². The highest BCUT2D eigenvalue weighted by Crippen LogP contribution is 2.10. The minimum atomic E-state index is -0.388. The van der Waals surface area contributed by atoms with Crippen molar-refractivity contribution in [1.29, 1.82) is 0 Å². The zero-order chi connectivity index (χ0) is 15.7. The highest BCUT2D eigenvalue weighted by molar-refractivity contribution is 5.94. The Kier molecular flexibility index (Phi) is 3.46. The van der Waals surface area contributed by atoms with Gasteiger partial charge in [0.2, 0.25) is 0 Å². The van der Waals surface area contributed by atoms with Gasteiger partial charge < -0.3 is 5.32 Å². The predicted molar refractivity (Wildman–Crippen MR) is 80.7 cm³/mol. The fraction of sp³-hybridized carbons (Fsp3) is 0.200. The first-order chi connectivity index (χ1) is 10.5. The number of pyridine rings is 1. The van der Waals surface area contributed by atoms with E-state index in [4.69, 9.17) is 0 Å². The van der Waals surface area contributed by atoms with Gasteiger partial charge in [0.05, 0.1) is 17.3 Å². The van der Waals surface area contributed by atoms with Crippen molar-refractivity contribution in [3.63, 3.8) is 0 Å². The fourth-order valence-corrected chi connectivity index (χ4v) is 2.20. The molecule has 0 aliphatic rings. The van der Waals surface area contributed by atoms with Gasteiger partial charge in [0.15, 0.2) is 5.65 Å². The summed E-state index contributed by atoms with van der Waals surface area (Å²) in [5.74, 6) is -0.257. The van der Waals surface area contributed by atoms with Crippen molar-refractivity contribution in [2.45, 2.75) is 19.9 Å². The van der Waals surface area contributed by atoms with Crippen molar-refractivity contribution in [3.8, 4) is 0 Å². The van der Waals surface area contributed by atoms with Crippen molar-refractivity contribution in [3.05, 3.63) is 64.0 Å². The number of amides is 1. The van der Waals surface area contributed by atoms with Gasteiger partial charge in [-0.2, -0.15) is 0 Å². The quantitative estimate of drug-likeness (QED) is 0.760. The molecule has 22 heavy (non-hydrogen) atoms. The van der Waals surface area contributed by atoms with Crippen LogP contribution in [0.5, 0.6) is 0 Å². The van der Waals surface area contributed by atoms with Crippen LogP contribution in [0.4, 0.5) is 0 Å². The van der Waals surface area contributed by atoms with E-state index >= 15 is 0 Å². The number of aromatic nitrogens is 4. The molecule has 0 aliphatic carbocycles. The lowest BCUT2D eigenvalue weighted by molar-refractivity contribution is 0.0938. The number of carbonyl (C=O) groups excluding carboxylic acids is 1. The summed E-state index contributed by atoms with van der Waals surface area (Å²) >= 11 is 0.